The Morgan fingerprint density at radius 3 is 2.29 bits per heavy atom. The molecular weight excluding hydrogens is 538 g/mol. The lowest BCUT2D eigenvalue weighted by molar-refractivity contribution is -0.139. The largest absolute Gasteiger partial charge is 0.494 e. The maximum Gasteiger partial charge on any atom is 0.264 e. The molecule has 4 rings (SSSR count). The van der Waals surface area contributed by atoms with Gasteiger partial charge in [-0.1, -0.05) is 60.9 Å². The number of carbonyl (C=O) groups excluding carboxylic acids is 2. The van der Waals surface area contributed by atoms with Crippen molar-refractivity contribution in [1.82, 2.24) is 10.2 Å². The number of nitrogens with one attached hydrogen (secondary N) is 1. The van der Waals surface area contributed by atoms with E-state index < -0.39 is 28.5 Å². The van der Waals surface area contributed by atoms with Crippen molar-refractivity contribution in [2.24, 2.45) is 0 Å². The number of amides is 2. The van der Waals surface area contributed by atoms with Crippen LogP contribution in [-0.4, -0.2) is 50.4 Å². The summed E-state index contributed by atoms with van der Waals surface area (Å²) in [5, 5.41) is 3.09. The number of ether oxygens (including phenoxy) is 1. The van der Waals surface area contributed by atoms with Gasteiger partial charge in [0.1, 0.15) is 18.3 Å². The van der Waals surface area contributed by atoms with Gasteiger partial charge in [0, 0.05) is 12.6 Å². The second-order valence-corrected chi connectivity index (χ2v) is 12.3. The van der Waals surface area contributed by atoms with Gasteiger partial charge in [0.15, 0.2) is 0 Å². The molecule has 1 saturated carbocycles. The van der Waals surface area contributed by atoms with Crippen LogP contribution in [0.25, 0.3) is 0 Å². The molecule has 0 aliphatic heterocycles. The predicted octanol–water partition coefficient (Wildman–Crippen LogP) is 5.07. The SMILES string of the molecule is CCOc1ccc(N(CC(=O)N(Cc2cccc(C)c2)[C@H](C)C(=O)NC2CCCC2)S(=O)(=O)c2ccccc2)cc1. The third kappa shape index (κ3) is 7.67. The summed E-state index contributed by atoms with van der Waals surface area (Å²) in [6.07, 6.45) is 3.98. The fourth-order valence-electron chi connectivity index (χ4n) is 5.11. The minimum atomic E-state index is -4.11. The number of rotatable bonds is 12. The molecule has 0 aromatic heterocycles. The van der Waals surface area contributed by atoms with Crippen molar-refractivity contribution in [2.45, 2.75) is 70.0 Å². The van der Waals surface area contributed by atoms with Crippen LogP contribution in [0.2, 0.25) is 0 Å². The lowest BCUT2D eigenvalue weighted by Gasteiger charge is -2.32. The van der Waals surface area contributed by atoms with Crippen LogP contribution in [0.5, 0.6) is 5.75 Å². The zero-order chi connectivity index (χ0) is 29.4. The Balaban J connectivity index is 1.67. The van der Waals surface area contributed by atoms with E-state index in [1.54, 1.807) is 49.4 Å². The molecule has 9 heteroatoms. The minimum Gasteiger partial charge on any atom is -0.494 e. The van der Waals surface area contributed by atoms with Crippen LogP contribution in [0.15, 0.2) is 83.8 Å². The summed E-state index contributed by atoms with van der Waals surface area (Å²) in [6, 6.07) is 21.7. The number of anilines is 1. The van der Waals surface area contributed by atoms with E-state index in [2.05, 4.69) is 5.32 Å². The van der Waals surface area contributed by atoms with Gasteiger partial charge in [0.05, 0.1) is 17.2 Å². The molecule has 0 bridgehead atoms. The Hall–Kier alpha value is -3.85. The highest BCUT2D eigenvalue weighted by molar-refractivity contribution is 7.92. The van der Waals surface area contributed by atoms with Gasteiger partial charge in [-0.2, -0.15) is 0 Å². The van der Waals surface area contributed by atoms with E-state index in [0.717, 1.165) is 41.1 Å². The summed E-state index contributed by atoms with van der Waals surface area (Å²) < 4.78 is 34.4. The van der Waals surface area contributed by atoms with Crippen molar-refractivity contribution in [3.63, 3.8) is 0 Å². The molecule has 8 nitrogen and oxygen atoms in total. The Morgan fingerprint density at radius 2 is 1.66 bits per heavy atom. The average molecular weight is 578 g/mol. The third-order valence-corrected chi connectivity index (χ3v) is 9.14. The third-order valence-electron chi connectivity index (χ3n) is 7.35. The topological polar surface area (TPSA) is 96.0 Å². The Kier molecular flexibility index (Phi) is 10.0. The maximum absolute atomic E-state index is 14.1. The molecule has 1 fully saturated rings. The highest BCUT2D eigenvalue weighted by Crippen LogP contribution is 2.27. The smallest absolute Gasteiger partial charge is 0.264 e. The molecule has 1 aliphatic rings. The highest BCUT2D eigenvalue weighted by atomic mass is 32.2. The summed E-state index contributed by atoms with van der Waals surface area (Å²) in [4.78, 5) is 28.9. The summed E-state index contributed by atoms with van der Waals surface area (Å²) in [6.45, 7) is 5.70. The summed E-state index contributed by atoms with van der Waals surface area (Å²) in [5.74, 6) is -0.122. The molecule has 218 valence electrons. The quantitative estimate of drug-likeness (QED) is 0.325. The van der Waals surface area contributed by atoms with Crippen LogP contribution in [0.1, 0.15) is 50.7 Å². The van der Waals surface area contributed by atoms with Crippen molar-refractivity contribution >= 4 is 27.5 Å². The number of hydrogen-bond donors (Lipinski definition) is 1. The van der Waals surface area contributed by atoms with E-state index in [-0.39, 0.29) is 23.4 Å². The molecule has 3 aromatic carbocycles. The van der Waals surface area contributed by atoms with Crippen molar-refractivity contribution in [1.29, 1.82) is 0 Å². The lowest BCUT2D eigenvalue weighted by atomic mass is 10.1. The summed E-state index contributed by atoms with van der Waals surface area (Å²) >= 11 is 0. The second-order valence-electron chi connectivity index (χ2n) is 10.4. The van der Waals surface area contributed by atoms with Gasteiger partial charge in [0.25, 0.3) is 10.0 Å². The maximum atomic E-state index is 14.1. The minimum absolute atomic E-state index is 0.0685. The van der Waals surface area contributed by atoms with Crippen LogP contribution in [-0.2, 0) is 26.2 Å². The van der Waals surface area contributed by atoms with Gasteiger partial charge >= 0.3 is 0 Å². The van der Waals surface area contributed by atoms with E-state index >= 15 is 0 Å². The molecule has 41 heavy (non-hydrogen) atoms. The van der Waals surface area contributed by atoms with Gasteiger partial charge in [-0.25, -0.2) is 8.42 Å². The van der Waals surface area contributed by atoms with Crippen LogP contribution in [0.3, 0.4) is 0 Å². The molecule has 2 amide bonds. The average Bonchev–Trinajstić information content (AvgIpc) is 3.48. The first-order valence-corrected chi connectivity index (χ1v) is 15.6. The molecule has 0 spiro atoms. The first kappa shape index (κ1) is 30.1. The van der Waals surface area contributed by atoms with Crippen LogP contribution in [0, 0.1) is 6.92 Å². The number of benzene rings is 3. The second kappa shape index (κ2) is 13.7. The normalized spacial score (nSPS) is 14.3. The molecule has 1 atom stereocenters. The Labute approximate surface area is 243 Å². The van der Waals surface area contributed by atoms with E-state index in [1.807, 2.05) is 38.1 Å². The Bertz CT molecular complexity index is 1420. The summed E-state index contributed by atoms with van der Waals surface area (Å²) in [5.41, 5.74) is 2.21. The first-order valence-electron chi connectivity index (χ1n) is 14.1. The number of carbonyl (C=O) groups is 2. The molecule has 3 aromatic rings. The van der Waals surface area contributed by atoms with Crippen molar-refractivity contribution in [3.05, 3.63) is 90.0 Å². The van der Waals surface area contributed by atoms with Crippen molar-refractivity contribution in [2.75, 3.05) is 17.5 Å². The van der Waals surface area contributed by atoms with E-state index in [4.69, 9.17) is 4.74 Å². The van der Waals surface area contributed by atoms with Crippen LogP contribution in [0.4, 0.5) is 5.69 Å². The lowest BCUT2D eigenvalue weighted by Crippen LogP contribution is -2.52. The fraction of sp³-hybridized carbons (Fsp3) is 0.375. The van der Waals surface area contributed by atoms with Gasteiger partial charge < -0.3 is 15.0 Å². The van der Waals surface area contributed by atoms with Gasteiger partial charge in [-0.15, -0.1) is 0 Å². The fourth-order valence-corrected chi connectivity index (χ4v) is 6.54. The van der Waals surface area contributed by atoms with Gasteiger partial charge in [0.2, 0.25) is 11.8 Å². The van der Waals surface area contributed by atoms with Crippen LogP contribution >= 0.6 is 0 Å². The number of hydrogen-bond acceptors (Lipinski definition) is 5. The van der Waals surface area contributed by atoms with E-state index in [1.165, 1.54) is 17.0 Å². The first-order chi connectivity index (χ1) is 19.7. The molecule has 0 radical (unpaired) electrons. The number of sulfonamides is 1. The van der Waals surface area contributed by atoms with Crippen molar-refractivity contribution < 1.29 is 22.7 Å². The molecule has 0 unspecified atom stereocenters. The molecular formula is C32H39N3O5S. The number of aryl methyl sites for hydroxylation is 1. The molecule has 0 heterocycles. The van der Waals surface area contributed by atoms with Crippen molar-refractivity contribution in [3.8, 4) is 5.75 Å². The highest BCUT2D eigenvalue weighted by Gasteiger charge is 2.33. The van der Waals surface area contributed by atoms with E-state index in [9.17, 15) is 18.0 Å². The van der Waals surface area contributed by atoms with Crippen LogP contribution < -0.4 is 14.4 Å². The van der Waals surface area contributed by atoms with Gasteiger partial charge in [-0.05, 0) is 75.6 Å². The number of nitrogens with zero attached hydrogens (tertiary/aromatic N) is 2. The van der Waals surface area contributed by atoms with Gasteiger partial charge in [-0.3, -0.25) is 13.9 Å². The summed E-state index contributed by atoms with van der Waals surface area (Å²) in [7, 11) is -4.11. The molecule has 1 N–H and O–H groups in total. The predicted molar refractivity (Wildman–Crippen MR) is 160 cm³/mol. The zero-order valence-corrected chi connectivity index (χ0v) is 24.8. The van der Waals surface area contributed by atoms with E-state index in [0.29, 0.717) is 18.0 Å². The Morgan fingerprint density at radius 1 is 0.976 bits per heavy atom. The standard InChI is InChI=1S/C32H39N3O5S/c1-4-40-29-19-17-28(18-20-29)35(41(38,39)30-15-6-5-7-16-30)23-31(36)34(22-26-12-10-11-24(2)21-26)25(3)32(37)33-27-13-8-9-14-27/h5-7,10-12,15-21,25,27H,4,8-9,13-14,22-23H2,1-3H3,(H,33,37)/t25-/m1/s1. The molecule has 1 aliphatic carbocycles. The monoisotopic (exact) mass is 577 g/mol. The zero-order valence-electron chi connectivity index (χ0n) is 24.0. The molecule has 0 saturated heterocycles.